The van der Waals surface area contributed by atoms with Gasteiger partial charge in [-0.1, -0.05) is 102 Å². The number of unbranched alkanes of at least 4 members (excludes halogenated alkanes) is 14. The Morgan fingerprint density at radius 1 is 0.719 bits per heavy atom. The number of nitrogens with one attached hydrogen (secondary N) is 1. The molecule has 0 aromatic carbocycles. The van der Waals surface area contributed by atoms with E-state index in [1.54, 1.807) is 6.08 Å². The summed E-state index contributed by atoms with van der Waals surface area (Å²) >= 11 is 0. The lowest BCUT2D eigenvalue weighted by Crippen LogP contribution is -2.45. The van der Waals surface area contributed by atoms with Gasteiger partial charge in [0.2, 0.25) is 5.91 Å². The Balaban J connectivity index is 3.68. The van der Waals surface area contributed by atoms with Crippen molar-refractivity contribution in [2.45, 2.75) is 142 Å². The van der Waals surface area contributed by atoms with Crippen LogP contribution in [0.5, 0.6) is 0 Å². The largest absolute Gasteiger partial charge is 0.394 e. The summed E-state index contributed by atoms with van der Waals surface area (Å²) < 4.78 is 0. The zero-order chi connectivity index (χ0) is 23.7. The van der Waals surface area contributed by atoms with Gasteiger partial charge in [-0.25, -0.2) is 0 Å². The van der Waals surface area contributed by atoms with E-state index in [9.17, 15) is 15.0 Å². The first kappa shape index (κ1) is 30.9. The molecule has 188 valence electrons. The van der Waals surface area contributed by atoms with Gasteiger partial charge < -0.3 is 15.5 Å². The molecule has 2 unspecified atom stereocenters. The Bertz CT molecular complexity index is 462. The van der Waals surface area contributed by atoms with Gasteiger partial charge in [0.25, 0.3) is 0 Å². The topological polar surface area (TPSA) is 69.6 Å². The van der Waals surface area contributed by atoms with Crippen LogP contribution in [0.3, 0.4) is 0 Å². The van der Waals surface area contributed by atoms with Gasteiger partial charge in [0.1, 0.15) is 0 Å². The molecule has 0 rings (SSSR count). The summed E-state index contributed by atoms with van der Waals surface area (Å²) in [6, 6.07) is -0.618. The first-order valence-corrected chi connectivity index (χ1v) is 13.6. The van der Waals surface area contributed by atoms with Crippen molar-refractivity contribution < 1.29 is 15.0 Å². The van der Waals surface area contributed by atoms with Crippen molar-refractivity contribution in [3.05, 3.63) is 24.3 Å². The van der Waals surface area contributed by atoms with Crippen molar-refractivity contribution in [2.24, 2.45) is 0 Å². The predicted molar refractivity (Wildman–Crippen MR) is 138 cm³/mol. The SMILES string of the molecule is CCCCCC/C=C/C(O)C(CO)NC(=O)CCCCCCC/C=C\CCCCCCC. The van der Waals surface area contributed by atoms with Crippen molar-refractivity contribution in [1.29, 1.82) is 0 Å². The molecule has 0 aliphatic heterocycles. The van der Waals surface area contributed by atoms with Crippen LogP contribution in [0.25, 0.3) is 0 Å². The van der Waals surface area contributed by atoms with Crippen LogP contribution in [0.1, 0.15) is 129 Å². The maximum atomic E-state index is 12.1. The van der Waals surface area contributed by atoms with Crippen LogP contribution in [-0.2, 0) is 4.79 Å². The lowest BCUT2D eigenvalue weighted by atomic mass is 10.1. The van der Waals surface area contributed by atoms with E-state index in [1.807, 2.05) is 6.08 Å². The molecule has 0 saturated heterocycles. The molecule has 2 atom stereocenters. The van der Waals surface area contributed by atoms with Crippen LogP contribution in [-0.4, -0.2) is 34.9 Å². The first-order chi connectivity index (χ1) is 15.7. The molecule has 0 aliphatic carbocycles. The number of carbonyl (C=O) groups is 1. The van der Waals surface area contributed by atoms with Gasteiger partial charge in [-0.15, -0.1) is 0 Å². The average molecular weight is 452 g/mol. The van der Waals surface area contributed by atoms with Crippen LogP contribution in [0.15, 0.2) is 24.3 Å². The third-order valence-electron chi connectivity index (χ3n) is 5.93. The monoisotopic (exact) mass is 451 g/mol. The summed E-state index contributed by atoms with van der Waals surface area (Å²) in [5, 5.41) is 22.5. The van der Waals surface area contributed by atoms with E-state index in [4.69, 9.17) is 0 Å². The summed E-state index contributed by atoms with van der Waals surface area (Å²) in [6.45, 7) is 4.19. The second kappa shape index (κ2) is 24.5. The second-order valence-corrected chi connectivity index (χ2v) is 9.11. The molecule has 0 fully saturated rings. The number of hydrogen-bond acceptors (Lipinski definition) is 3. The van der Waals surface area contributed by atoms with E-state index in [0.717, 1.165) is 38.5 Å². The minimum absolute atomic E-state index is 0.0821. The Morgan fingerprint density at radius 3 is 1.75 bits per heavy atom. The van der Waals surface area contributed by atoms with E-state index < -0.39 is 12.1 Å². The molecule has 4 nitrogen and oxygen atoms in total. The van der Waals surface area contributed by atoms with Crippen LogP contribution in [0.2, 0.25) is 0 Å². The maximum absolute atomic E-state index is 12.1. The minimum atomic E-state index is -0.834. The fourth-order valence-electron chi connectivity index (χ4n) is 3.76. The maximum Gasteiger partial charge on any atom is 0.220 e. The molecule has 4 heteroatoms. The number of hydrogen-bond donors (Lipinski definition) is 3. The van der Waals surface area contributed by atoms with E-state index in [-0.39, 0.29) is 12.5 Å². The third kappa shape index (κ3) is 20.8. The highest BCUT2D eigenvalue weighted by atomic mass is 16.3. The number of aliphatic hydroxyl groups is 2. The fraction of sp³-hybridized carbons (Fsp3) is 0.821. The molecule has 1 amide bonds. The lowest BCUT2D eigenvalue weighted by Gasteiger charge is -2.20. The Labute approximate surface area is 199 Å². The molecule has 0 aromatic rings. The molecule has 0 spiro atoms. The zero-order valence-corrected chi connectivity index (χ0v) is 21.2. The van der Waals surface area contributed by atoms with Crippen LogP contribution in [0, 0.1) is 0 Å². The van der Waals surface area contributed by atoms with E-state index in [0.29, 0.717) is 6.42 Å². The normalized spacial score (nSPS) is 13.8. The van der Waals surface area contributed by atoms with Crippen molar-refractivity contribution in [3.63, 3.8) is 0 Å². The van der Waals surface area contributed by atoms with Crippen LogP contribution in [0.4, 0.5) is 0 Å². The van der Waals surface area contributed by atoms with E-state index >= 15 is 0 Å². The quantitative estimate of drug-likeness (QED) is 0.116. The molecule has 0 aromatic heterocycles. The van der Waals surface area contributed by atoms with Gasteiger partial charge >= 0.3 is 0 Å². The van der Waals surface area contributed by atoms with Crippen molar-refractivity contribution >= 4 is 5.91 Å². The Hall–Kier alpha value is -1.13. The number of carbonyl (C=O) groups excluding carboxylic acids is 1. The molecule has 0 heterocycles. The highest BCUT2D eigenvalue weighted by Gasteiger charge is 2.17. The van der Waals surface area contributed by atoms with Gasteiger partial charge in [0.05, 0.1) is 18.8 Å². The summed E-state index contributed by atoms with van der Waals surface area (Å²) in [6.07, 6.45) is 28.3. The lowest BCUT2D eigenvalue weighted by molar-refractivity contribution is -0.123. The van der Waals surface area contributed by atoms with Gasteiger partial charge in [0, 0.05) is 6.42 Å². The standard InChI is InChI=1S/C28H53NO3/c1-3-5-7-9-11-12-13-14-15-16-17-18-20-22-24-28(32)29-26(25-30)27(31)23-21-19-10-8-6-4-2/h13-14,21,23,26-27,30-31H,3-12,15-20,22,24-25H2,1-2H3,(H,29,32)/b14-13-,23-21+. The Morgan fingerprint density at radius 2 is 1.19 bits per heavy atom. The molecule has 3 N–H and O–H groups in total. The molecule has 0 saturated carbocycles. The fourth-order valence-corrected chi connectivity index (χ4v) is 3.76. The third-order valence-corrected chi connectivity index (χ3v) is 5.93. The van der Waals surface area contributed by atoms with Gasteiger partial charge in [-0.05, 0) is 44.9 Å². The predicted octanol–water partition coefficient (Wildman–Crippen LogP) is 7.00. The number of rotatable bonds is 23. The smallest absolute Gasteiger partial charge is 0.220 e. The summed E-state index contributed by atoms with van der Waals surface area (Å²) in [5.41, 5.74) is 0. The molecule has 0 radical (unpaired) electrons. The van der Waals surface area contributed by atoms with E-state index in [1.165, 1.54) is 70.6 Å². The summed E-state index contributed by atoms with van der Waals surface area (Å²) in [5.74, 6) is -0.0821. The zero-order valence-electron chi connectivity index (χ0n) is 21.2. The number of amides is 1. The second-order valence-electron chi connectivity index (χ2n) is 9.11. The van der Waals surface area contributed by atoms with Gasteiger partial charge in [0.15, 0.2) is 0 Å². The van der Waals surface area contributed by atoms with Crippen molar-refractivity contribution in [1.82, 2.24) is 5.32 Å². The summed E-state index contributed by atoms with van der Waals surface area (Å²) in [7, 11) is 0. The van der Waals surface area contributed by atoms with Crippen LogP contribution < -0.4 is 5.32 Å². The van der Waals surface area contributed by atoms with Crippen molar-refractivity contribution in [3.8, 4) is 0 Å². The number of aliphatic hydroxyl groups excluding tert-OH is 2. The molecule has 0 bridgehead atoms. The Kier molecular flexibility index (Phi) is 23.6. The van der Waals surface area contributed by atoms with Gasteiger partial charge in [-0.3, -0.25) is 4.79 Å². The summed E-state index contributed by atoms with van der Waals surface area (Å²) in [4.78, 5) is 12.1. The highest BCUT2D eigenvalue weighted by molar-refractivity contribution is 5.76. The first-order valence-electron chi connectivity index (χ1n) is 13.6. The average Bonchev–Trinajstić information content (AvgIpc) is 2.79. The molecule has 0 aliphatic rings. The molecular formula is C28H53NO3. The van der Waals surface area contributed by atoms with Crippen molar-refractivity contribution in [2.75, 3.05) is 6.61 Å². The minimum Gasteiger partial charge on any atom is -0.394 e. The highest BCUT2D eigenvalue weighted by Crippen LogP contribution is 2.10. The van der Waals surface area contributed by atoms with E-state index in [2.05, 4.69) is 31.3 Å². The molecule has 32 heavy (non-hydrogen) atoms. The van der Waals surface area contributed by atoms with Gasteiger partial charge in [-0.2, -0.15) is 0 Å². The van der Waals surface area contributed by atoms with Crippen LogP contribution >= 0.6 is 0 Å². The number of allylic oxidation sites excluding steroid dienone is 3. The molecular weight excluding hydrogens is 398 g/mol.